The molecule has 0 bridgehead atoms. The fourth-order valence-corrected chi connectivity index (χ4v) is 20.0. The van der Waals surface area contributed by atoms with E-state index >= 15 is 0 Å². The number of carbonyl (C=O) groups is 4. The lowest BCUT2D eigenvalue weighted by atomic mass is 10.0. The van der Waals surface area contributed by atoms with Crippen molar-refractivity contribution >= 4 is 170 Å². The number of pyridine rings is 4. The molecule has 11 heterocycles. The lowest BCUT2D eigenvalue weighted by Crippen LogP contribution is -2.47. The number of thiophene rings is 1. The number of anilines is 9. The molecule has 612 valence electrons. The number of carbonyl (C=O) groups excluding carboxylic acids is 4. The predicted molar refractivity (Wildman–Crippen MR) is 482 cm³/mol. The van der Waals surface area contributed by atoms with Gasteiger partial charge in [-0.25, -0.2) is 33.7 Å². The van der Waals surface area contributed by atoms with Crippen molar-refractivity contribution in [1.82, 2.24) is 24.9 Å². The summed E-state index contributed by atoms with van der Waals surface area (Å²) < 4.78 is 100. The number of aromatic amines is 1. The van der Waals surface area contributed by atoms with Crippen molar-refractivity contribution in [3.05, 3.63) is 330 Å². The molecule has 0 spiro atoms. The zero-order valence-corrected chi connectivity index (χ0v) is 69.4. The van der Waals surface area contributed by atoms with Crippen molar-refractivity contribution in [3.63, 3.8) is 0 Å². The summed E-state index contributed by atoms with van der Waals surface area (Å²) in [6.45, 7) is 1.90. The van der Waals surface area contributed by atoms with E-state index in [9.17, 15) is 52.8 Å². The summed E-state index contributed by atoms with van der Waals surface area (Å²) in [6, 6.07) is 74.3. The molecule has 0 radical (unpaired) electrons. The number of hydrogen-bond donors (Lipinski definition) is 6. The Labute approximate surface area is 711 Å². The molecule has 1 unspecified atom stereocenters. The fraction of sp³-hybridized carbons (Fsp3) is 0.111. The fourth-order valence-electron chi connectivity index (χ4n) is 14.6. The second-order valence-electron chi connectivity index (χ2n) is 28.9. The standard InChI is InChI=1S/C23H20ClN3O3S.C23H18N4O3S.C22H18N4O3S.C22H17N3O3S2/c24-20-10-7-17(14-19(20)22-13-16-3-1-2-4-21(16)26-22)25-23(28)15-5-8-18(9-6-15)27-11-12-31(27,29)30;28-23(17-4-6-20(7-5-17)27-12-13-31(27,29)30)26-19-3-1-2-18(14-19)22-21-15-24-10-8-16(21)9-11-25-22;27-22(16-4-6-19(7-5-16)26-12-13-30(26,28)29)25-18-3-1-2-17(14-18)21-20-15(8-10-23-20)9-11-24-21;26-22(15-4-6-18(7-5-15)25-11-13-30(25,27)28)24-17-3-1-2-16(14-17)21-19-9-12-29-20(19)8-10-23-21/h1-10,14,22,26H,11-13H2,(H,25,28);1-11,14-15H,12-13H2,(H,26,28);1-11,14,23H,12-13H2,(H,25,27);1-10,12,14H,11,13H2,(H,24,26). The van der Waals surface area contributed by atoms with Gasteiger partial charge < -0.3 is 31.6 Å². The van der Waals surface area contributed by atoms with Gasteiger partial charge in [-0.2, -0.15) is 0 Å². The highest BCUT2D eigenvalue weighted by atomic mass is 35.5. The first kappa shape index (κ1) is 80.7. The maximum Gasteiger partial charge on any atom is 0.255 e. The smallest absolute Gasteiger partial charge is 0.255 e. The Hall–Kier alpha value is -13.7. The van der Waals surface area contributed by atoms with E-state index in [2.05, 4.69) is 57.6 Å². The van der Waals surface area contributed by atoms with Crippen LogP contribution in [0.4, 0.5) is 51.2 Å². The first-order chi connectivity index (χ1) is 58.9. The summed E-state index contributed by atoms with van der Waals surface area (Å²) in [7, 11) is -12.7. The highest BCUT2D eigenvalue weighted by molar-refractivity contribution is 7.95. The number of aromatic nitrogens is 5. The Morgan fingerprint density at radius 2 is 0.811 bits per heavy atom. The van der Waals surface area contributed by atoms with E-state index in [0.29, 0.717) is 99.0 Å². The number of H-pyrrole nitrogens is 1. The molecule has 5 aliphatic rings. The molecule has 0 aliphatic carbocycles. The minimum Gasteiger partial charge on any atom is -0.378 e. The van der Waals surface area contributed by atoms with E-state index in [1.807, 2.05) is 145 Å². The average molecular weight is 1740 g/mol. The summed E-state index contributed by atoms with van der Waals surface area (Å²) in [4.78, 5) is 71.6. The predicted octanol–water partition coefficient (Wildman–Crippen LogP) is 16.1. The van der Waals surface area contributed by atoms with Gasteiger partial charge in [0, 0.05) is 157 Å². The van der Waals surface area contributed by atoms with E-state index < -0.39 is 40.1 Å². The van der Waals surface area contributed by atoms with Crippen LogP contribution in [0.15, 0.2) is 291 Å². The van der Waals surface area contributed by atoms with Crippen molar-refractivity contribution in [2.24, 2.45) is 0 Å². The van der Waals surface area contributed by atoms with Crippen LogP contribution in [0.5, 0.6) is 0 Å². The van der Waals surface area contributed by atoms with E-state index in [4.69, 9.17) is 11.6 Å². The molecular formula is C90H73ClN14O12S5. The summed E-state index contributed by atoms with van der Waals surface area (Å²) >= 11 is 8.12. The van der Waals surface area contributed by atoms with Gasteiger partial charge in [-0.3, -0.25) is 56.3 Å². The molecular weight excluding hydrogens is 1660 g/mol. The summed E-state index contributed by atoms with van der Waals surface area (Å²) in [5.41, 5.74) is 16.1. The number of halogens is 1. The number of hydrogen-bond acceptors (Lipinski definition) is 18. The van der Waals surface area contributed by atoms with Crippen molar-refractivity contribution in [1.29, 1.82) is 0 Å². The summed E-state index contributed by atoms with van der Waals surface area (Å²) in [5.74, 6) is -0.418. The molecule has 1 atom stereocenters. The van der Waals surface area contributed by atoms with Crippen LogP contribution < -0.4 is 43.8 Å². The van der Waals surface area contributed by atoms with Gasteiger partial charge in [0.2, 0.25) is 40.1 Å². The van der Waals surface area contributed by atoms with Gasteiger partial charge in [0.15, 0.2) is 0 Å². The molecule has 6 aromatic heterocycles. The number of sulfonamides is 4. The van der Waals surface area contributed by atoms with Gasteiger partial charge >= 0.3 is 0 Å². The molecule has 32 heteroatoms. The molecule has 5 aliphatic heterocycles. The number of nitrogens with one attached hydrogen (secondary N) is 6. The second-order valence-corrected chi connectivity index (χ2v) is 38.3. The molecule has 20 rings (SSSR count). The Balaban J connectivity index is 0.000000116. The van der Waals surface area contributed by atoms with Crippen LogP contribution in [0.1, 0.15) is 58.6 Å². The first-order valence-electron chi connectivity index (χ1n) is 38.5. The largest absolute Gasteiger partial charge is 0.378 e. The molecule has 122 heavy (non-hydrogen) atoms. The molecule has 6 N–H and O–H groups in total. The zero-order chi connectivity index (χ0) is 84.4. The number of benzene rings is 9. The molecule has 4 saturated heterocycles. The Kier molecular flexibility index (Phi) is 22.4. The number of para-hydroxylation sites is 1. The van der Waals surface area contributed by atoms with Crippen LogP contribution in [-0.2, 0) is 46.5 Å². The molecule has 4 fully saturated rings. The molecule has 4 amide bonds. The number of rotatable bonds is 16. The van der Waals surface area contributed by atoms with Gasteiger partial charge in [0.25, 0.3) is 23.6 Å². The van der Waals surface area contributed by atoms with E-state index in [-0.39, 0.29) is 52.7 Å². The van der Waals surface area contributed by atoms with Crippen molar-refractivity contribution in [2.75, 3.05) is 93.0 Å². The van der Waals surface area contributed by atoms with Gasteiger partial charge in [0.1, 0.15) is 0 Å². The van der Waals surface area contributed by atoms with Gasteiger partial charge in [0.05, 0.1) is 74.4 Å². The minimum absolute atomic E-state index is 0.0412. The minimum atomic E-state index is -3.18. The van der Waals surface area contributed by atoms with Gasteiger partial charge in [-0.1, -0.05) is 66.2 Å². The van der Waals surface area contributed by atoms with Crippen molar-refractivity contribution < 1.29 is 52.8 Å². The number of amides is 4. The third-order valence-corrected chi connectivity index (χ3v) is 29.5. The maximum atomic E-state index is 12.7. The van der Waals surface area contributed by atoms with E-state index in [1.165, 1.54) is 27.5 Å². The maximum absolute atomic E-state index is 12.7. The summed E-state index contributed by atoms with van der Waals surface area (Å²) in [5, 5.41) is 21.9. The Morgan fingerprint density at radius 1 is 0.402 bits per heavy atom. The van der Waals surface area contributed by atoms with E-state index in [0.717, 1.165) is 78.5 Å². The first-order valence-corrected chi connectivity index (χ1v) is 46.2. The Bertz CT molecular complexity index is 6850. The van der Waals surface area contributed by atoms with Crippen molar-refractivity contribution in [3.8, 4) is 33.8 Å². The average Bonchev–Trinajstić information content (AvgIpc) is 1.17. The number of fused-ring (bicyclic) bond motifs is 4. The normalized spacial score (nSPS) is 15.9. The van der Waals surface area contributed by atoms with Crippen LogP contribution in [-0.4, -0.2) is 131 Å². The zero-order valence-electron chi connectivity index (χ0n) is 64.6. The molecule has 15 aromatic rings. The van der Waals surface area contributed by atoms with Crippen LogP contribution >= 0.6 is 22.9 Å². The molecule has 9 aromatic carbocycles. The van der Waals surface area contributed by atoms with Crippen LogP contribution in [0, 0.1) is 0 Å². The number of nitrogens with zero attached hydrogens (tertiary/aromatic N) is 8. The molecule has 26 nitrogen and oxygen atoms in total. The van der Waals surface area contributed by atoms with Gasteiger partial charge in [-0.15, -0.1) is 11.3 Å². The molecule has 0 saturated carbocycles. The topological polar surface area (TPSA) is 345 Å². The third-order valence-electron chi connectivity index (χ3n) is 21.2. The lowest BCUT2D eigenvalue weighted by molar-refractivity contribution is 0.101. The summed E-state index contributed by atoms with van der Waals surface area (Å²) in [6.07, 6.45) is 11.5. The second kappa shape index (κ2) is 33.8. The van der Waals surface area contributed by atoms with Gasteiger partial charge in [-0.05, 0) is 222 Å². The lowest BCUT2D eigenvalue weighted by Gasteiger charge is -2.32. The van der Waals surface area contributed by atoms with Crippen LogP contribution in [0.25, 0.3) is 65.5 Å². The monoisotopic (exact) mass is 1740 g/mol. The van der Waals surface area contributed by atoms with Crippen LogP contribution in [0.3, 0.4) is 0 Å². The highest BCUT2D eigenvalue weighted by Gasteiger charge is 2.36. The SMILES string of the molecule is O=C(Nc1ccc(Cl)c(C2Cc3ccccc3N2)c1)c1ccc(N2CCS2(=O)=O)cc1.O=C(Nc1cccc(-c2nccc3cc[nH]c23)c1)c1ccc(N2CCS2(=O)=O)cc1.O=C(Nc1cccc(-c2nccc3ccncc23)c1)c1ccc(N2CCS2(=O)=O)cc1.O=C(Nc1cccc(-c2nccc3sccc23)c1)c1ccc(N2CCS2(=O)=O)cc1. The van der Waals surface area contributed by atoms with Crippen LogP contribution in [0.2, 0.25) is 5.02 Å². The highest BCUT2D eigenvalue weighted by Crippen LogP contribution is 2.40. The third kappa shape index (κ3) is 17.3. The Morgan fingerprint density at radius 3 is 1.25 bits per heavy atom. The van der Waals surface area contributed by atoms with E-state index in [1.54, 1.807) is 152 Å². The quantitative estimate of drug-likeness (QED) is 0.0523. The van der Waals surface area contributed by atoms with Crippen molar-refractivity contribution in [2.45, 2.75) is 12.5 Å².